The van der Waals surface area contributed by atoms with Crippen molar-refractivity contribution in [3.05, 3.63) is 52.8 Å². The summed E-state index contributed by atoms with van der Waals surface area (Å²) < 4.78 is 6.12. The zero-order valence-corrected chi connectivity index (χ0v) is 20.0. The average molecular weight is 435 g/mol. The van der Waals surface area contributed by atoms with E-state index in [2.05, 4.69) is 59.0 Å². The van der Waals surface area contributed by atoms with Gasteiger partial charge in [0.25, 0.3) is 0 Å². The minimum atomic E-state index is -0.0353. The molecule has 0 bridgehead atoms. The first-order valence-corrected chi connectivity index (χ1v) is 11.4. The highest BCUT2D eigenvalue weighted by atomic mass is 16.5. The van der Waals surface area contributed by atoms with E-state index in [-0.39, 0.29) is 12.0 Å². The topological polar surface area (TPSA) is 61.5 Å². The second-order valence-electron chi connectivity index (χ2n) is 9.39. The molecule has 1 unspecified atom stereocenters. The number of aryl methyl sites for hydroxylation is 2. The quantitative estimate of drug-likeness (QED) is 0.645. The van der Waals surface area contributed by atoms with Crippen molar-refractivity contribution in [2.45, 2.75) is 39.7 Å². The van der Waals surface area contributed by atoms with Gasteiger partial charge in [0.1, 0.15) is 0 Å². The molecule has 1 aliphatic rings. The molecule has 2 aromatic heterocycles. The molecule has 1 aromatic carbocycles. The summed E-state index contributed by atoms with van der Waals surface area (Å²) in [6.07, 6.45) is -0.0353. The highest BCUT2D eigenvalue weighted by molar-refractivity contribution is 5.92. The van der Waals surface area contributed by atoms with Crippen molar-refractivity contribution in [3.63, 3.8) is 0 Å². The third kappa shape index (κ3) is 4.57. The van der Waals surface area contributed by atoms with Crippen LogP contribution in [0.5, 0.6) is 0 Å². The maximum atomic E-state index is 12.2. The molecular formula is C26H34N4O2. The average Bonchev–Trinajstić information content (AvgIpc) is 3.12. The summed E-state index contributed by atoms with van der Waals surface area (Å²) in [7, 11) is 3.60. The molecule has 4 rings (SSSR count). The van der Waals surface area contributed by atoms with Crippen molar-refractivity contribution in [1.82, 2.24) is 19.8 Å². The molecule has 1 fully saturated rings. The Kier molecular flexibility index (Phi) is 6.35. The van der Waals surface area contributed by atoms with Crippen molar-refractivity contribution in [2.24, 2.45) is 0 Å². The van der Waals surface area contributed by atoms with Gasteiger partial charge < -0.3 is 14.6 Å². The fraction of sp³-hybridized carbons (Fsp3) is 0.462. The highest BCUT2D eigenvalue weighted by Crippen LogP contribution is 2.37. The first-order chi connectivity index (χ1) is 15.2. The number of aromatic amines is 1. The van der Waals surface area contributed by atoms with Crippen molar-refractivity contribution >= 4 is 16.8 Å². The number of likely N-dealkylation sites (N-methyl/N-ethyl adjacent to an activating group) is 1. The number of fused-ring (bicyclic) bond motifs is 1. The molecule has 3 aromatic rings. The third-order valence-corrected chi connectivity index (χ3v) is 6.19. The van der Waals surface area contributed by atoms with E-state index < -0.39 is 0 Å². The molecule has 1 atom stereocenters. The Hall–Kier alpha value is -2.70. The molecule has 1 N–H and O–H groups in total. The number of pyridine rings is 1. The van der Waals surface area contributed by atoms with Crippen LogP contribution in [0.15, 0.2) is 30.3 Å². The van der Waals surface area contributed by atoms with E-state index in [4.69, 9.17) is 4.74 Å². The van der Waals surface area contributed by atoms with Gasteiger partial charge in [-0.1, -0.05) is 19.9 Å². The maximum absolute atomic E-state index is 12.2. The summed E-state index contributed by atoms with van der Waals surface area (Å²) in [4.78, 5) is 24.2. The third-order valence-electron chi connectivity index (χ3n) is 6.19. The molecule has 6 heteroatoms. The number of benzene rings is 1. The van der Waals surface area contributed by atoms with E-state index in [1.165, 1.54) is 22.2 Å². The monoisotopic (exact) mass is 434 g/mol. The molecule has 1 aliphatic heterocycles. The van der Waals surface area contributed by atoms with Crippen molar-refractivity contribution in [1.29, 1.82) is 0 Å². The van der Waals surface area contributed by atoms with Crippen LogP contribution in [0.2, 0.25) is 0 Å². The molecule has 0 saturated carbocycles. The Morgan fingerprint density at radius 2 is 1.94 bits per heavy atom. The molecule has 0 spiro atoms. The number of amides is 1. The molecule has 170 valence electrons. The smallest absolute Gasteiger partial charge is 0.236 e. The number of aromatic nitrogens is 2. The molecule has 1 amide bonds. The normalized spacial score (nSPS) is 17.3. The fourth-order valence-corrected chi connectivity index (χ4v) is 4.62. The highest BCUT2D eigenvalue weighted by Gasteiger charge is 2.25. The van der Waals surface area contributed by atoms with E-state index in [9.17, 15) is 4.79 Å². The van der Waals surface area contributed by atoms with Crippen LogP contribution in [0.4, 0.5) is 0 Å². The number of rotatable bonds is 5. The van der Waals surface area contributed by atoms with Crippen LogP contribution in [-0.2, 0) is 9.53 Å². The lowest BCUT2D eigenvalue weighted by Crippen LogP contribution is -2.43. The van der Waals surface area contributed by atoms with Crippen LogP contribution in [0, 0.1) is 13.8 Å². The van der Waals surface area contributed by atoms with Gasteiger partial charge in [0.05, 0.1) is 24.9 Å². The SMILES string of the molecule is Cc1cc(-c2[nH]c3ccc(C4CN(CC(=O)N(C)C)CCO4)cc3c2C(C)C)cc(C)n1. The largest absolute Gasteiger partial charge is 0.371 e. The second-order valence-corrected chi connectivity index (χ2v) is 9.39. The predicted molar refractivity (Wildman–Crippen MR) is 129 cm³/mol. The van der Waals surface area contributed by atoms with Gasteiger partial charge in [0, 0.05) is 55.0 Å². The van der Waals surface area contributed by atoms with Gasteiger partial charge in [-0.2, -0.15) is 0 Å². The van der Waals surface area contributed by atoms with Gasteiger partial charge in [-0.15, -0.1) is 0 Å². The van der Waals surface area contributed by atoms with Crippen molar-refractivity contribution < 1.29 is 9.53 Å². The number of ether oxygens (including phenoxy) is 1. The lowest BCUT2D eigenvalue weighted by molar-refractivity contribution is -0.132. The standard InChI is InChI=1S/C26H34N4O2/c1-16(2)25-21-13-19(23-14-30(9-10-32-23)15-24(31)29(5)6)7-8-22(21)28-26(25)20-11-17(3)27-18(4)12-20/h7-8,11-13,16,23,28H,9-10,14-15H2,1-6H3. The van der Waals surface area contributed by atoms with Crippen LogP contribution < -0.4 is 0 Å². The van der Waals surface area contributed by atoms with Crippen LogP contribution in [-0.4, -0.2) is 66.0 Å². The number of carbonyl (C=O) groups excluding carboxylic acids is 1. The lowest BCUT2D eigenvalue weighted by atomic mass is 9.94. The Bertz CT molecular complexity index is 1110. The minimum Gasteiger partial charge on any atom is -0.371 e. The molecular weight excluding hydrogens is 400 g/mol. The summed E-state index contributed by atoms with van der Waals surface area (Å²) in [5.74, 6) is 0.491. The molecule has 3 heterocycles. The van der Waals surface area contributed by atoms with Gasteiger partial charge in [0.15, 0.2) is 0 Å². The summed E-state index contributed by atoms with van der Waals surface area (Å²) in [5.41, 5.74) is 8.02. The Morgan fingerprint density at radius 3 is 2.59 bits per heavy atom. The zero-order chi connectivity index (χ0) is 23.0. The number of hydrogen-bond donors (Lipinski definition) is 1. The Labute approximate surface area is 190 Å². The van der Waals surface area contributed by atoms with E-state index in [0.29, 0.717) is 19.1 Å². The van der Waals surface area contributed by atoms with Crippen LogP contribution in [0.1, 0.15) is 48.4 Å². The molecule has 6 nitrogen and oxygen atoms in total. The van der Waals surface area contributed by atoms with Crippen molar-refractivity contribution in [3.8, 4) is 11.3 Å². The Balaban J connectivity index is 1.69. The molecule has 32 heavy (non-hydrogen) atoms. The predicted octanol–water partition coefficient (Wildman–Crippen LogP) is 4.43. The van der Waals surface area contributed by atoms with E-state index >= 15 is 0 Å². The number of H-pyrrole nitrogens is 1. The number of carbonyl (C=O) groups is 1. The maximum Gasteiger partial charge on any atom is 0.236 e. The fourth-order valence-electron chi connectivity index (χ4n) is 4.62. The van der Waals surface area contributed by atoms with Crippen LogP contribution >= 0.6 is 0 Å². The van der Waals surface area contributed by atoms with E-state index in [1.54, 1.807) is 19.0 Å². The number of hydrogen-bond acceptors (Lipinski definition) is 4. The van der Waals surface area contributed by atoms with Gasteiger partial charge in [-0.3, -0.25) is 14.7 Å². The van der Waals surface area contributed by atoms with E-state index in [1.807, 2.05) is 13.8 Å². The van der Waals surface area contributed by atoms with E-state index in [0.717, 1.165) is 35.6 Å². The zero-order valence-electron chi connectivity index (χ0n) is 20.0. The van der Waals surface area contributed by atoms with Crippen LogP contribution in [0.3, 0.4) is 0 Å². The van der Waals surface area contributed by atoms with Gasteiger partial charge in [-0.05, 0) is 55.2 Å². The van der Waals surface area contributed by atoms with Gasteiger partial charge in [-0.25, -0.2) is 0 Å². The van der Waals surface area contributed by atoms with Gasteiger partial charge in [0.2, 0.25) is 5.91 Å². The summed E-state index contributed by atoms with van der Waals surface area (Å²) >= 11 is 0. The van der Waals surface area contributed by atoms with Gasteiger partial charge >= 0.3 is 0 Å². The number of morpholine rings is 1. The molecule has 0 aliphatic carbocycles. The summed E-state index contributed by atoms with van der Waals surface area (Å²) in [6.45, 7) is 11.1. The number of nitrogens with one attached hydrogen (secondary N) is 1. The molecule has 0 radical (unpaired) electrons. The van der Waals surface area contributed by atoms with Crippen LogP contribution in [0.25, 0.3) is 22.2 Å². The lowest BCUT2D eigenvalue weighted by Gasteiger charge is -2.33. The summed E-state index contributed by atoms with van der Waals surface area (Å²) in [5, 5.41) is 1.24. The second kappa shape index (κ2) is 9.04. The first kappa shape index (κ1) is 22.5. The molecule has 1 saturated heterocycles. The summed E-state index contributed by atoms with van der Waals surface area (Å²) in [6, 6.07) is 10.9. The minimum absolute atomic E-state index is 0.0353. The first-order valence-electron chi connectivity index (χ1n) is 11.4. The van der Waals surface area contributed by atoms with Crippen molar-refractivity contribution in [2.75, 3.05) is 40.3 Å². The number of nitrogens with zero attached hydrogens (tertiary/aromatic N) is 3. The Morgan fingerprint density at radius 1 is 1.22 bits per heavy atom.